The highest BCUT2D eigenvalue weighted by molar-refractivity contribution is 5.69. The molecule has 6 heteroatoms. The second kappa shape index (κ2) is 34.2. The molecule has 0 aromatic rings. The van der Waals surface area contributed by atoms with Crippen molar-refractivity contribution in [3.05, 3.63) is 0 Å². The lowest BCUT2D eigenvalue weighted by Crippen LogP contribution is -2.33. The minimum Gasteiger partial charge on any atom is -0.466 e. The van der Waals surface area contributed by atoms with Gasteiger partial charge in [-0.1, -0.05) is 124 Å². The zero-order valence-corrected chi connectivity index (χ0v) is 30.6. The molecule has 0 saturated carbocycles. The monoisotopic (exact) mass is 640 g/mol. The van der Waals surface area contributed by atoms with Gasteiger partial charge in [0.2, 0.25) is 0 Å². The van der Waals surface area contributed by atoms with Gasteiger partial charge in [0.25, 0.3) is 0 Å². The fraction of sp³-hybridized carbons (Fsp3) is 0.949. The van der Waals surface area contributed by atoms with Gasteiger partial charge in [-0.25, -0.2) is 0 Å². The molecule has 0 bridgehead atoms. The van der Waals surface area contributed by atoms with Crippen LogP contribution in [0.2, 0.25) is 0 Å². The molecule has 1 atom stereocenters. The van der Waals surface area contributed by atoms with E-state index in [2.05, 4.69) is 25.7 Å². The number of esters is 2. The van der Waals surface area contributed by atoms with Crippen molar-refractivity contribution in [1.82, 2.24) is 4.90 Å². The molecule has 0 aliphatic heterocycles. The van der Waals surface area contributed by atoms with Crippen molar-refractivity contribution in [2.45, 2.75) is 213 Å². The molecule has 0 amide bonds. The molecule has 0 spiro atoms. The number of carbonyl (C=O) groups excluding carboxylic acids is 2. The Labute approximate surface area is 280 Å². The number of hydrogen-bond acceptors (Lipinski definition) is 6. The van der Waals surface area contributed by atoms with E-state index in [-0.39, 0.29) is 24.1 Å². The van der Waals surface area contributed by atoms with E-state index in [0.717, 1.165) is 83.7 Å². The van der Waals surface area contributed by atoms with Crippen molar-refractivity contribution in [3.63, 3.8) is 0 Å². The van der Waals surface area contributed by atoms with Crippen LogP contribution in [0.1, 0.15) is 201 Å². The van der Waals surface area contributed by atoms with Crippen LogP contribution in [-0.4, -0.2) is 60.4 Å². The molecule has 1 unspecified atom stereocenters. The standard InChI is InChI=1S/C39H77NO5/c1-5-8-11-13-17-21-28-37(29-22-18-14-12-9-6-2)45-39(43)31-24-26-33-40(35-36(4)41)32-25-20-16-15-19-23-30-38(42)44-34-27-10-7-3/h36-37,41H,5-35H2,1-4H3. The molecule has 0 aromatic carbocycles. The van der Waals surface area contributed by atoms with Gasteiger partial charge in [0.15, 0.2) is 0 Å². The maximum absolute atomic E-state index is 12.7. The Hall–Kier alpha value is -1.14. The lowest BCUT2D eigenvalue weighted by Gasteiger charge is -2.24. The summed E-state index contributed by atoms with van der Waals surface area (Å²) in [5.41, 5.74) is 0. The minimum absolute atomic E-state index is 0.0243. The number of unbranched alkanes of at least 4 members (excludes halogenated alkanes) is 18. The molecule has 0 saturated heterocycles. The van der Waals surface area contributed by atoms with Crippen LogP contribution in [0.4, 0.5) is 0 Å². The van der Waals surface area contributed by atoms with Crippen LogP contribution in [0.25, 0.3) is 0 Å². The van der Waals surface area contributed by atoms with Crippen molar-refractivity contribution in [1.29, 1.82) is 0 Å². The normalized spacial score (nSPS) is 12.2. The molecular formula is C39H77NO5. The van der Waals surface area contributed by atoms with E-state index in [1.54, 1.807) is 0 Å². The second-order valence-electron chi connectivity index (χ2n) is 13.6. The highest BCUT2D eigenvalue weighted by atomic mass is 16.5. The van der Waals surface area contributed by atoms with Crippen molar-refractivity contribution in [2.24, 2.45) is 0 Å². The van der Waals surface area contributed by atoms with E-state index in [4.69, 9.17) is 9.47 Å². The average molecular weight is 640 g/mol. The molecule has 0 aromatic heterocycles. The topological polar surface area (TPSA) is 76.1 Å². The fourth-order valence-electron chi connectivity index (χ4n) is 6.01. The third-order valence-electron chi connectivity index (χ3n) is 8.80. The molecule has 0 aliphatic carbocycles. The lowest BCUT2D eigenvalue weighted by atomic mass is 10.0. The molecule has 0 rings (SSSR count). The van der Waals surface area contributed by atoms with E-state index in [0.29, 0.717) is 26.0 Å². The smallest absolute Gasteiger partial charge is 0.306 e. The maximum Gasteiger partial charge on any atom is 0.306 e. The predicted molar refractivity (Wildman–Crippen MR) is 191 cm³/mol. The summed E-state index contributed by atoms with van der Waals surface area (Å²) >= 11 is 0. The number of nitrogens with zero attached hydrogens (tertiary/aromatic N) is 1. The van der Waals surface area contributed by atoms with Gasteiger partial charge in [-0.3, -0.25) is 9.59 Å². The van der Waals surface area contributed by atoms with Crippen molar-refractivity contribution >= 4 is 11.9 Å². The first-order valence-electron chi connectivity index (χ1n) is 19.7. The van der Waals surface area contributed by atoms with Gasteiger partial charge in [-0.15, -0.1) is 0 Å². The van der Waals surface area contributed by atoms with Crippen LogP contribution in [0, 0.1) is 0 Å². The van der Waals surface area contributed by atoms with Gasteiger partial charge >= 0.3 is 11.9 Å². The van der Waals surface area contributed by atoms with Gasteiger partial charge in [-0.05, 0) is 77.8 Å². The first kappa shape index (κ1) is 43.9. The van der Waals surface area contributed by atoms with Crippen molar-refractivity contribution in [3.8, 4) is 0 Å². The maximum atomic E-state index is 12.7. The Morgan fingerprint density at radius 3 is 1.53 bits per heavy atom. The summed E-state index contributed by atoms with van der Waals surface area (Å²) in [5, 5.41) is 10.0. The number of ether oxygens (including phenoxy) is 2. The zero-order chi connectivity index (χ0) is 33.2. The molecule has 0 radical (unpaired) electrons. The summed E-state index contributed by atoms with van der Waals surface area (Å²) in [6, 6.07) is 0. The summed E-state index contributed by atoms with van der Waals surface area (Å²) in [6.07, 6.45) is 29.7. The van der Waals surface area contributed by atoms with Crippen molar-refractivity contribution in [2.75, 3.05) is 26.2 Å². The molecule has 6 nitrogen and oxygen atoms in total. The third-order valence-corrected chi connectivity index (χ3v) is 8.80. The summed E-state index contributed by atoms with van der Waals surface area (Å²) in [4.78, 5) is 26.9. The van der Waals surface area contributed by atoms with E-state index in [1.807, 2.05) is 6.92 Å². The van der Waals surface area contributed by atoms with E-state index in [9.17, 15) is 14.7 Å². The minimum atomic E-state index is -0.346. The molecule has 0 heterocycles. The fourth-order valence-corrected chi connectivity index (χ4v) is 6.01. The number of rotatable bonds is 35. The predicted octanol–water partition coefficient (Wildman–Crippen LogP) is 10.7. The van der Waals surface area contributed by atoms with E-state index >= 15 is 0 Å². The first-order valence-corrected chi connectivity index (χ1v) is 19.7. The highest BCUT2D eigenvalue weighted by Gasteiger charge is 2.15. The summed E-state index contributed by atoms with van der Waals surface area (Å²) in [5.74, 6) is -0.0712. The Kier molecular flexibility index (Phi) is 33.3. The Bertz CT molecular complexity index is 625. The largest absolute Gasteiger partial charge is 0.466 e. The first-order chi connectivity index (χ1) is 21.9. The molecule has 45 heavy (non-hydrogen) atoms. The van der Waals surface area contributed by atoms with Gasteiger partial charge in [0.05, 0.1) is 12.7 Å². The van der Waals surface area contributed by atoms with Gasteiger partial charge in [0, 0.05) is 19.4 Å². The van der Waals surface area contributed by atoms with E-state index < -0.39 is 0 Å². The lowest BCUT2D eigenvalue weighted by molar-refractivity contribution is -0.150. The van der Waals surface area contributed by atoms with Crippen LogP contribution < -0.4 is 0 Å². The molecule has 0 fully saturated rings. The third kappa shape index (κ3) is 32.6. The summed E-state index contributed by atoms with van der Waals surface area (Å²) < 4.78 is 11.3. The number of aliphatic hydroxyl groups excluding tert-OH is 1. The van der Waals surface area contributed by atoms with Crippen LogP contribution in [0.3, 0.4) is 0 Å². The van der Waals surface area contributed by atoms with Gasteiger partial charge in [-0.2, -0.15) is 0 Å². The van der Waals surface area contributed by atoms with Crippen LogP contribution in [-0.2, 0) is 19.1 Å². The van der Waals surface area contributed by atoms with Crippen LogP contribution in [0.15, 0.2) is 0 Å². The SMILES string of the molecule is CCCCCCCCC(CCCCCCCC)OC(=O)CCCCN(CCCCCCCCC(=O)OCCCCC)CC(C)O. The van der Waals surface area contributed by atoms with Gasteiger partial charge < -0.3 is 19.5 Å². The second-order valence-corrected chi connectivity index (χ2v) is 13.6. The van der Waals surface area contributed by atoms with Crippen molar-refractivity contribution < 1.29 is 24.2 Å². The molecule has 1 N–H and O–H groups in total. The zero-order valence-electron chi connectivity index (χ0n) is 30.6. The summed E-state index contributed by atoms with van der Waals surface area (Å²) in [6.45, 7) is 11.7. The molecule has 268 valence electrons. The molecular weight excluding hydrogens is 562 g/mol. The Morgan fingerprint density at radius 2 is 0.978 bits per heavy atom. The quantitative estimate of drug-likeness (QED) is 0.0549. The van der Waals surface area contributed by atoms with Crippen LogP contribution >= 0.6 is 0 Å². The number of hydrogen-bond donors (Lipinski definition) is 1. The molecule has 0 aliphatic rings. The summed E-state index contributed by atoms with van der Waals surface area (Å²) in [7, 11) is 0. The highest BCUT2D eigenvalue weighted by Crippen LogP contribution is 2.18. The number of carbonyl (C=O) groups is 2. The number of aliphatic hydroxyl groups is 1. The van der Waals surface area contributed by atoms with Crippen LogP contribution in [0.5, 0.6) is 0 Å². The average Bonchev–Trinajstić information content (AvgIpc) is 3.01. The Balaban J connectivity index is 4.21. The Morgan fingerprint density at radius 1 is 0.556 bits per heavy atom. The van der Waals surface area contributed by atoms with E-state index in [1.165, 1.54) is 89.9 Å². The van der Waals surface area contributed by atoms with Gasteiger partial charge in [0.1, 0.15) is 6.10 Å².